The lowest BCUT2D eigenvalue weighted by Gasteiger charge is -2.20. The van der Waals surface area contributed by atoms with E-state index < -0.39 is 0 Å². The van der Waals surface area contributed by atoms with Crippen LogP contribution in [0.4, 0.5) is 11.6 Å². The summed E-state index contributed by atoms with van der Waals surface area (Å²) < 4.78 is 7.96. The molecule has 31 heavy (non-hydrogen) atoms. The minimum atomic E-state index is 0.0755. The van der Waals surface area contributed by atoms with Gasteiger partial charge in [-0.25, -0.2) is 4.98 Å². The van der Waals surface area contributed by atoms with Crippen LogP contribution in [0.5, 0.6) is 11.5 Å². The first-order valence-electron chi connectivity index (χ1n) is 9.99. The van der Waals surface area contributed by atoms with Crippen LogP contribution in [0, 0.1) is 0 Å². The summed E-state index contributed by atoms with van der Waals surface area (Å²) in [5, 5.41) is 15.1. The smallest absolute Gasteiger partial charge is 0.208 e. The van der Waals surface area contributed by atoms with Gasteiger partial charge in [-0.05, 0) is 41.3 Å². The summed E-state index contributed by atoms with van der Waals surface area (Å²) in [6.45, 7) is 6.60. The van der Waals surface area contributed by atoms with Gasteiger partial charge in [-0.2, -0.15) is 0 Å². The van der Waals surface area contributed by atoms with Gasteiger partial charge >= 0.3 is 0 Å². The van der Waals surface area contributed by atoms with Crippen LogP contribution in [0.1, 0.15) is 32.0 Å². The van der Waals surface area contributed by atoms with Crippen molar-refractivity contribution in [3.63, 3.8) is 0 Å². The fraction of sp³-hybridized carbons (Fsp3) is 0.208. The molecule has 4 aromatic rings. The van der Waals surface area contributed by atoms with Gasteiger partial charge in [0.1, 0.15) is 11.5 Å². The minimum Gasteiger partial charge on any atom is -0.457 e. The minimum absolute atomic E-state index is 0.0755. The van der Waals surface area contributed by atoms with Gasteiger partial charge in [-0.3, -0.25) is 4.98 Å². The summed E-state index contributed by atoms with van der Waals surface area (Å²) in [6.07, 6.45) is 2.85. The Morgan fingerprint density at radius 1 is 1.06 bits per heavy atom. The van der Waals surface area contributed by atoms with Crippen molar-refractivity contribution in [2.24, 2.45) is 12.2 Å². The first-order valence-corrected chi connectivity index (χ1v) is 9.99. The Labute approximate surface area is 181 Å². The van der Waals surface area contributed by atoms with Gasteiger partial charge in [0.2, 0.25) is 5.95 Å². The number of nitrogens with zero attached hydrogens (tertiary/aromatic N) is 4. The lowest BCUT2D eigenvalue weighted by Crippen LogP contribution is -2.11. The van der Waals surface area contributed by atoms with E-state index in [1.807, 2.05) is 35.9 Å². The molecule has 7 heteroatoms. The first-order chi connectivity index (χ1) is 14.8. The number of aromatic nitrogens is 3. The second-order valence-electron chi connectivity index (χ2n) is 8.36. The highest BCUT2D eigenvalue weighted by Gasteiger charge is 2.15. The number of nitrogens with one attached hydrogen (secondary N) is 1. The Bertz CT molecular complexity index is 1250. The van der Waals surface area contributed by atoms with Crippen LogP contribution in [0.15, 0.2) is 65.9 Å². The van der Waals surface area contributed by atoms with Gasteiger partial charge in [0.05, 0.1) is 22.9 Å². The molecule has 0 aliphatic carbocycles. The molecule has 0 spiro atoms. The number of ether oxygens (including phenoxy) is 1. The average molecular weight is 415 g/mol. The summed E-state index contributed by atoms with van der Waals surface area (Å²) in [5.41, 5.74) is 4.65. The largest absolute Gasteiger partial charge is 0.457 e. The van der Waals surface area contributed by atoms with E-state index in [1.54, 1.807) is 18.3 Å². The number of oxime groups is 1. The van der Waals surface area contributed by atoms with E-state index >= 15 is 0 Å². The second kappa shape index (κ2) is 8.10. The molecule has 0 fully saturated rings. The second-order valence-corrected chi connectivity index (χ2v) is 8.36. The number of pyridine rings is 1. The molecule has 2 aromatic carbocycles. The van der Waals surface area contributed by atoms with Crippen molar-refractivity contribution < 1.29 is 9.94 Å². The molecule has 4 rings (SSSR count). The summed E-state index contributed by atoms with van der Waals surface area (Å²) in [5.74, 6) is 2.01. The monoisotopic (exact) mass is 415 g/mol. The number of hydrogen-bond acceptors (Lipinski definition) is 6. The highest BCUT2D eigenvalue weighted by Crippen LogP contribution is 2.29. The van der Waals surface area contributed by atoms with Crippen LogP contribution < -0.4 is 10.1 Å². The average Bonchev–Trinajstić information content (AvgIpc) is 3.03. The molecule has 2 aromatic heterocycles. The molecule has 0 bridgehead atoms. The van der Waals surface area contributed by atoms with E-state index in [2.05, 4.69) is 54.4 Å². The maximum Gasteiger partial charge on any atom is 0.208 e. The molecule has 0 aliphatic heterocycles. The number of fused-ring (bicyclic) bond motifs is 1. The molecule has 158 valence electrons. The number of aryl methyl sites for hydroxylation is 1. The van der Waals surface area contributed by atoms with E-state index in [0.29, 0.717) is 17.2 Å². The van der Waals surface area contributed by atoms with Crippen LogP contribution in [-0.2, 0) is 12.5 Å². The lowest BCUT2D eigenvalue weighted by molar-refractivity contribution is 0.321. The Morgan fingerprint density at radius 2 is 1.87 bits per heavy atom. The zero-order valence-electron chi connectivity index (χ0n) is 18.0. The molecule has 0 atom stereocenters. The van der Waals surface area contributed by atoms with Crippen molar-refractivity contribution >= 4 is 28.9 Å². The van der Waals surface area contributed by atoms with Crippen molar-refractivity contribution in [2.75, 3.05) is 5.32 Å². The molecule has 0 saturated carbocycles. The number of benzene rings is 2. The lowest BCUT2D eigenvalue weighted by atomic mass is 9.87. The van der Waals surface area contributed by atoms with Gasteiger partial charge in [0.15, 0.2) is 0 Å². The zero-order chi connectivity index (χ0) is 22.0. The molecule has 0 unspecified atom stereocenters. The molecule has 0 aliphatic rings. The van der Waals surface area contributed by atoms with Crippen molar-refractivity contribution in [1.82, 2.24) is 14.5 Å². The number of rotatable bonds is 5. The summed E-state index contributed by atoms with van der Waals surface area (Å²) >= 11 is 0. The Morgan fingerprint density at radius 3 is 2.65 bits per heavy atom. The van der Waals surface area contributed by atoms with Gasteiger partial charge in [-0.15, -0.1) is 0 Å². The summed E-state index contributed by atoms with van der Waals surface area (Å²) in [4.78, 5) is 8.84. The van der Waals surface area contributed by atoms with Crippen LogP contribution in [0.25, 0.3) is 11.0 Å². The van der Waals surface area contributed by atoms with Crippen molar-refractivity contribution in [3.8, 4) is 11.5 Å². The maximum absolute atomic E-state index is 8.68. The molecular formula is C24H25N5O2. The Balaban J connectivity index is 1.60. The van der Waals surface area contributed by atoms with Crippen molar-refractivity contribution in [1.29, 1.82) is 0 Å². The van der Waals surface area contributed by atoms with Crippen molar-refractivity contribution in [2.45, 2.75) is 26.2 Å². The Kier molecular flexibility index (Phi) is 5.33. The maximum atomic E-state index is 8.68. The summed E-state index contributed by atoms with van der Waals surface area (Å²) in [6, 6.07) is 17.6. The van der Waals surface area contributed by atoms with Gasteiger partial charge in [-0.1, -0.05) is 38.1 Å². The fourth-order valence-electron chi connectivity index (χ4n) is 3.30. The predicted octanol–water partition coefficient (Wildman–Crippen LogP) is 5.61. The fourth-order valence-corrected chi connectivity index (χ4v) is 3.30. The molecule has 0 radical (unpaired) electrons. The quantitative estimate of drug-likeness (QED) is 0.251. The first kappa shape index (κ1) is 20.4. The molecule has 2 N–H and O–H groups in total. The van der Waals surface area contributed by atoms with Gasteiger partial charge < -0.3 is 19.8 Å². The molecule has 2 heterocycles. The zero-order valence-corrected chi connectivity index (χ0v) is 18.0. The van der Waals surface area contributed by atoms with Crippen LogP contribution in [-0.4, -0.2) is 26.0 Å². The number of anilines is 2. The van der Waals surface area contributed by atoms with Gasteiger partial charge in [0, 0.05) is 31.1 Å². The van der Waals surface area contributed by atoms with E-state index in [1.165, 1.54) is 11.8 Å². The molecular weight excluding hydrogens is 390 g/mol. The topological polar surface area (TPSA) is 84.6 Å². The molecule has 0 saturated heterocycles. The predicted molar refractivity (Wildman–Crippen MR) is 123 cm³/mol. The molecule has 0 amide bonds. The van der Waals surface area contributed by atoms with Crippen molar-refractivity contribution in [3.05, 3.63) is 72.1 Å². The van der Waals surface area contributed by atoms with E-state index in [0.717, 1.165) is 22.7 Å². The van der Waals surface area contributed by atoms with Gasteiger partial charge in [0.25, 0.3) is 0 Å². The third kappa shape index (κ3) is 4.50. The summed E-state index contributed by atoms with van der Waals surface area (Å²) in [7, 11) is 1.98. The third-order valence-electron chi connectivity index (χ3n) is 5.02. The highest BCUT2D eigenvalue weighted by molar-refractivity contribution is 5.81. The standard InChI is InChI=1S/C24H25N5O2/c1-24(2,3)16-6-5-7-17(12-16)27-23-28-21-14-19(8-9-22(21)29(23)4)31-20-10-11-25-18(13-20)15-26-30/h5-15,30H,1-4H3,(H,27,28). The van der Waals surface area contributed by atoms with E-state index in [-0.39, 0.29) is 5.41 Å². The van der Waals surface area contributed by atoms with E-state index in [4.69, 9.17) is 14.9 Å². The number of hydrogen-bond donors (Lipinski definition) is 2. The normalized spacial score (nSPS) is 11.9. The Hall–Kier alpha value is -3.87. The van der Waals surface area contributed by atoms with Crippen LogP contribution >= 0.6 is 0 Å². The van der Waals surface area contributed by atoms with Crippen LogP contribution in [0.3, 0.4) is 0 Å². The van der Waals surface area contributed by atoms with Crippen LogP contribution in [0.2, 0.25) is 0 Å². The molecule has 7 nitrogen and oxygen atoms in total. The SMILES string of the molecule is Cn1c(Nc2cccc(C(C)(C)C)c2)nc2cc(Oc3ccnc(C=NO)c3)ccc21. The number of imidazole rings is 1. The third-order valence-corrected chi connectivity index (χ3v) is 5.02. The highest BCUT2D eigenvalue weighted by atomic mass is 16.5. The van der Waals surface area contributed by atoms with E-state index in [9.17, 15) is 0 Å².